The van der Waals surface area contributed by atoms with Crippen molar-refractivity contribution in [1.82, 2.24) is 14.2 Å². The highest BCUT2D eigenvalue weighted by molar-refractivity contribution is 7.88. The lowest BCUT2D eigenvalue weighted by molar-refractivity contribution is 0.0941. The van der Waals surface area contributed by atoms with Gasteiger partial charge in [0.1, 0.15) is 0 Å². The van der Waals surface area contributed by atoms with E-state index in [0.717, 1.165) is 12.8 Å². The predicted molar refractivity (Wildman–Crippen MR) is 92.9 cm³/mol. The lowest BCUT2D eigenvalue weighted by Gasteiger charge is -2.30. The van der Waals surface area contributed by atoms with Gasteiger partial charge in [-0.05, 0) is 37.0 Å². The number of hydrogen-bond donors (Lipinski definition) is 1. The number of benzene rings is 1. The molecule has 1 atom stereocenters. The van der Waals surface area contributed by atoms with Gasteiger partial charge in [-0.15, -0.1) is 0 Å². The number of rotatable bonds is 4. The number of nitrogens with zero attached hydrogens (tertiary/aromatic N) is 2. The second-order valence-electron chi connectivity index (χ2n) is 6.45. The summed E-state index contributed by atoms with van der Waals surface area (Å²) < 4.78 is 31.2. The summed E-state index contributed by atoms with van der Waals surface area (Å²) in [6.45, 7) is 1.37. The van der Waals surface area contributed by atoms with Crippen LogP contribution in [0.2, 0.25) is 0 Å². The van der Waals surface area contributed by atoms with Crippen LogP contribution in [-0.2, 0) is 17.1 Å². The lowest BCUT2D eigenvalue weighted by atomic mass is 9.99. The van der Waals surface area contributed by atoms with E-state index < -0.39 is 15.8 Å². The maximum absolute atomic E-state index is 12.4. The van der Waals surface area contributed by atoms with E-state index in [-0.39, 0.29) is 11.8 Å². The molecular weight excluding hydrogens is 346 g/mol. The third-order valence-corrected chi connectivity index (χ3v) is 5.83. The molecule has 1 aromatic heterocycles. The van der Waals surface area contributed by atoms with E-state index >= 15 is 0 Å². The summed E-state index contributed by atoms with van der Waals surface area (Å²) in [5.74, 6) is -0.642. The Morgan fingerprint density at radius 3 is 2.88 bits per heavy atom. The summed E-state index contributed by atoms with van der Waals surface area (Å²) in [6.07, 6.45) is 2.87. The smallest absolute Gasteiger partial charge is 0.408 e. The number of sulfonamides is 1. The highest BCUT2D eigenvalue weighted by atomic mass is 32.2. The second kappa shape index (κ2) is 6.64. The fourth-order valence-electron chi connectivity index (χ4n) is 3.10. The number of aryl methyl sites for hydroxylation is 1. The van der Waals surface area contributed by atoms with Gasteiger partial charge in [0.2, 0.25) is 10.0 Å². The molecule has 3 rings (SSSR count). The first-order valence-electron chi connectivity index (χ1n) is 8.08. The Morgan fingerprint density at radius 2 is 2.16 bits per heavy atom. The van der Waals surface area contributed by atoms with Crippen LogP contribution in [0.3, 0.4) is 0 Å². The number of piperidine rings is 1. The molecule has 1 aliphatic rings. The van der Waals surface area contributed by atoms with Gasteiger partial charge in [-0.3, -0.25) is 9.36 Å². The minimum atomic E-state index is -3.20. The van der Waals surface area contributed by atoms with Crippen LogP contribution < -0.4 is 11.1 Å². The van der Waals surface area contributed by atoms with Gasteiger partial charge in [-0.2, -0.15) is 0 Å². The van der Waals surface area contributed by atoms with Crippen LogP contribution in [0.1, 0.15) is 23.2 Å². The summed E-state index contributed by atoms with van der Waals surface area (Å²) in [7, 11) is -1.62. The molecule has 2 aromatic rings. The van der Waals surface area contributed by atoms with Gasteiger partial charge in [-0.1, -0.05) is 0 Å². The predicted octanol–water partition coefficient (Wildman–Crippen LogP) is 0.533. The van der Waals surface area contributed by atoms with Gasteiger partial charge in [-0.25, -0.2) is 17.5 Å². The van der Waals surface area contributed by atoms with Crippen LogP contribution in [0.4, 0.5) is 0 Å². The van der Waals surface area contributed by atoms with Gasteiger partial charge in [0.15, 0.2) is 5.58 Å². The summed E-state index contributed by atoms with van der Waals surface area (Å²) >= 11 is 0. The maximum Gasteiger partial charge on any atom is 0.419 e. The average molecular weight is 367 g/mol. The molecule has 1 amide bonds. The van der Waals surface area contributed by atoms with E-state index in [4.69, 9.17) is 4.42 Å². The molecule has 9 heteroatoms. The molecular formula is C16H21N3O5S. The van der Waals surface area contributed by atoms with E-state index in [1.165, 1.54) is 15.1 Å². The zero-order valence-electron chi connectivity index (χ0n) is 14.2. The fourth-order valence-corrected chi connectivity index (χ4v) is 4.04. The molecule has 0 spiro atoms. The molecule has 0 unspecified atom stereocenters. The minimum Gasteiger partial charge on any atom is -0.408 e. The Hall–Kier alpha value is -2.13. The third kappa shape index (κ3) is 3.77. The van der Waals surface area contributed by atoms with Crippen molar-refractivity contribution >= 4 is 27.0 Å². The van der Waals surface area contributed by atoms with E-state index in [9.17, 15) is 18.0 Å². The van der Waals surface area contributed by atoms with Crippen molar-refractivity contribution < 1.29 is 17.6 Å². The number of aromatic nitrogens is 1. The quantitative estimate of drug-likeness (QED) is 0.849. The minimum absolute atomic E-state index is 0.0921. The average Bonchev–Trinajstić information content (AvgIpc) is 2.86. The van der Waals surface area contributed by atoms with Gasteiger partial charge in [0.25, 0.3) is 5.91 Å². The molecule has 1 saturated heterocycles. The summed E-state index contributed by atoms with van der Waals surface area (Å²) in [5.41, 5.74) is 1.42. The zero-order valence-corrected chi connectivity index (χ0v) is 15.0. The van der Waals surface area contributed by atoms with Crippen LogP contribution in [0.15, 0.2) is 27.4 Å². The Balaban J connectivity index is 1.66. The van der Waals surface area contributed by atoms with Crippen LogP contribution >= 0.6 is 0 Å². The van der Waals surface area contributed by atoms with E-state index in [1.54, 1.807) is 25.2 Å². The number of oxazole rings is 1. The molecule has 0 radical (unpaired) electrons. The van der Waals surface area contributed by atoms with Crippen LogP contribution in [0, 0.1) is 5.92 Å². The summed E-state index contributed by atoms with van der Waals surface area (Å²) in [5, 5.41) is 2.85. The van der Waals surface area contributed by atoms with Gasteiger partial charge < -0.3 is 9.73 Å². The number of fused-ring (bicyclic) bond motifs is 1. The molecule has 136 valence electrons. The van der Waals surface area contributed by atoms with Gasteiger partial charge >= 0.3 is 5.76 Å². The Bertz CT molecular complexity index is 960. The van der Waals surface area contributed by atoms with Gasteiger partial charge in [0, 0.05) is 32.2 Å². The van der Waals surface area contributed by atoms with Crippen LogP contribution in [0.25, 0.3) is 11.1 Å². The fraction of sp³-hybridized carbons (Fsp3) is 0.500. The van der Waals surface area contributed by atoms with Crippen molar-refractivity contribution in [2.75, 3.05) is 25.9 Å². The first kappa shape index (κ1) is 17.7. The molecule has 1 aliphatic heterocycles. The topological polar surface area (TPSA) is 102 Å². The molecule has 1 fully saturated rings. The monoisotopic (exact) mass is 367 g/mol. The molecule has 1 N–H and O–H groups in total. The lowest BCUT2D eigenvalue weighted by Crippen LogP contribution is -2.43. The SMILES string of the molecule is Cn1c(=O)oc2ccc(C(=O)NC[C@@H]3CCCN(S(C)(=O)=O)C3)cc21. The Morgan fingerprint density at radius 1 is 1.40 bits per heavy atom. The number of carbonyl (C=O) groups excluding carboxylic acids is 1. The number of hydrogen-bond acceptors (Lipinski definition) is 5. The Labute approximate surface area is 145 Å². The molecule has 8 nitrogen and oxygen atoms in total. The summed E-state index contributed by atoms with van der Waals surface area (Å²) in [6, 6.07) is 4.81. The highest BCUT2D eigenvalue weighted by Gasteiger charge is 2.26. The number of amides is 1. The molecule has 0 saturated carbocycles. The first-order valence-corrected chi connectivity index (χ1v) is 9.93. The van der Waals surface area contributed by atoms with E-state index in [1.807, 2.05) is 0 Å². The van der Waals surface area contributed by atoms with Crippen molar-refractivity contribution in [2.24, 2.45) is 13.0 Å². The normalized spacial score (nSPS) is 19.2. The largest absolute Gasteiger partial charge is 0.419 e. The molecule has 25 heavy (non-hydrogen) atoms. The molecule has 0 aliphatic carbocycles. The standard InChI is InChI=1S/C16H21N3O5S/c1-18-13-8-12(5-6-14(13)24-16(18)21)15(20)17-9-11-4-3-7-19(10-11)25(2,22)23/h5-6,8,11H,3-4,7,9-10H2,1-2H3,(H,17,20)/t11-/m0/s1. The van der Waals surface area contributed by atoms with E-state index in [2.05, 4.69) is 5.32 Å². The van der Waals surface area contributed by atoms with Crippen molar-refractivity contribution in [3.63, 3.8) is 0 Å². The second-order valence-corrected chi connectivity index (χ2v) is 8.43. The molecule has 0 bridgehead atoms. The summed E-state index contributed by atoms with van der Waals surface area (Å²) in [4.78, 5) is 23.9. The van der Waals surface area contributed by atoms with Crippen molar-refractivity contribution in [1.29, 1.82) is 0 Å². The molecule has 2 heterocycles. The number of nitrogens with one attached hydrogen (secondary N) is 1. The van der Waals surface area contributed by atoms with Crippen molar-refractivity contribution in [3.8, 4) is 0 Å². The maximum atomic E-state index is 12.4. The van der Waals surface area contributed by atoms with Gasteiger partial charge in [0.05, 0.1) is 11.8 Å². The van der Waals surface area contributed by atoms with Crippen molar-refractivity contribution in [3.05, 3.63) is 34.3 Å². The van der Waals surface area contributed by atoms with E-state index in [0.29, 0.717) is 36.3 Å². The number of carbonyl (C=O) groups is 1. The van der Waals surface area contributed by atoms with Crippen LogP contribution in [0.5, 0.6) is 0 Å². The van der Waals surface area contributed by atoms with Crippen molar-refractivity contribution in [2.45, 2.75) is 12.8 Å². The highest BCUT2D eigenvalue weighted by Crippen LogP contribution is 2.18. The zero-order chi connectivity index (χ0) is 18.2. The third-order valence-electron chi connectivity index (χ3n) is 4.56. The Kier molecular flexibility index (Phi) is 4.70. The first-order chi connectivity index (χ1) is 11.8. The molecule has 1 aromatic carbocycles. The van der Waals surface area contributed by atoms with Crippen LogP contribution in [-0.4, -0.2) is 49.1 Å².